The van der Waals surface area contributed by atoms with E-state index in [1.165, 1.54) is 19.3 Å². The number of carbonyl (C=O) groups excluding carboxylic acids is 1. The first-order chi connectivity index (χ1) is 7.33. The molecular weight excluding hydrogens is 192 g/mol. The van der Waals surface area contributed by atoms with Crippen LogP contribution in [0.1, 0.15) is 45.4 Å². The van der Waals surface area contributed by atoms with Crippen LogP contribution in [0.4, 0.5) is 0 Å². The van der Waals surface area contributed by atoms with Gasteiger partial charge in [0.25, 0.3) is 0 Å². The lowest BCUT2D eigenvalue weighted by atomic mass is 9.83. The molecule has 3 heteroatoms. The highest BCUT2D eigenvalue weighted by atomic mass is 16.6. The van der Waals surface area contributed by atoms with Gasteiger partial charge in [-0.15, -0.1) is 0 Å². The van der Waals surface area contributed by atoms with Crippen LogP contribution in [0.5, 0.6) is 0 Å². The summed E-state index contributed by atoms with van der Waals surface area (Å²) in [5.41, 5.74) is 0. The second-order valence-electron chi connectivity index (χ2n) is 4.21. The highest BCUT2D eigenvalue weighted by Gasteiger charge is 2.16. The molecule has 0 aromatic rings. The molecule has 1 rings (SSSR count). The maximum absolute atomic E-state index is 11.1. The van der Waals surface area contributed by atoms with Gasteiger partial charge in [0.2, 0.25) is 0 Å². The molecule has 0 aromatic carbocycles. The molecule has 0 heterocycles. The smallest absolute Gasteiger partial charge is 0.332 e. The van der Waals surface area contributed by atoms with Crippen molar-refractivity contribution in [2.24, 2.45) is 5.92 Å². The molecule has 3 nitrogen and oxygen atoms in total. The summed E-state index contributed by atoms with van der Waals surface area (Å²) in [5, 5.41) is 0. The standard InChI is InChI=1S/C12H22O3/c1-2-3-8-15-12(13)10-14-9-7-11-5-4-6-11/h11H,2-10H2,1H3. The van der Waals surface area contributed by atoms with Crippen molar-refractivity contribution in [3.8, 4) is 0 Å². The monoisotopic (exact) mass is 214 g/mol. The number of unbranched alkanes of at least 4 members (excludes halogenated alkanes) is 1. The van der Waals surface area contributed by atoms with Gasteiger partial charge >= 0.3 is 5.97 Å². The molecule has 1 fully saturated rings. The highest BCUT2D eigenvalue weighted by molar-refractivity contribution is 5.70. The predicted molar refractivity (Wildman–Crippen MR) is 58.6 cm³/mol. The first-order valence-electron chi connectivity index (χ1n) is 6.06. The average Bonchev–Trinajstić information content (AvgIpc) is 2.15. The summed E-state index contributed by atoms with van der Waals surface area (Å²) in [7, 11) is 0. The van der Waals surface area contributed by atoms with Crippen LogP contribution < -0.4 is 0 Å². The summed E-state index contributed by atoms with van der Waals surface area (Å²) < 4.78 is 10.2. The van der Waals surface area contributed by atoms with E-state index < -0.39 is 0 Å². The molecule has 0 radical (unpaired) electrons. The van der Waals surface area contributed by atoms with E-state index in [0.717, 1.165) is 25.2 Å². The summed E-state index contributed by atoms with van der Waals surface area (Å²) >= 11 is 0. The largest absolute Gasteiger partial charge is 0.464 e. The van der Waals surface area contributed by atoms with Crippen LogP contribution in [-0.2, 0) is 14.3 Å². The van der Waals surface area contributed by atoms with Gasteiger partial charge in [0, 0.05) is 6.61 Å². The van der Waals surface area contributed by atoms with Crippen molar-refractivity contribution in [1.29, 1.82) is 0 Å². The zero-order chi connectivity index (χ0) is 10.9. The van der Waals surface area contributed by atoms with E-state index in [1.54, 1.807) is 0 Å². The minimum Gasteiger partial charge on any atom is -0.464 e. The summed E-state index contributed by atoms with van der Waals surface area (Å²) in [6.07, 6.45) is 7.13. The van der Waals surface area contributed by atoms with Gasteiger partial charge in [0.05, 0.1) is 6.61 Å². The van der Waals surface area contributed by atoms with E-state index in [-0.39, 0.29) is 12.6 Å². The van der Waals surface area contributed by atoms with Gasteiger partial charge in [0.1, 0.15) is 6.61 Å². The Balaban J connectivity index is 1.83. The number of carbonyl (C=O) groups is 1. The molecule has 0 unspecified atom stereocenters. The first-order valence-corrected chi connectivity index (χ1v) is 6.06. The predicted octanol–water partition coefficient (Wildman–Crippen LogP) is 2.54. The average molecular weight is 214 g/mol. The zero-order valence-corrected chi connectivity index (χ0v) is 9.67. The molecule has 0 saturated heterocycles. The molecule has 1 aliphatic rings. The second-order valence-corrected chi connectivity index (χ2v) is 4.21. The normalized spacial score (nSPS) is 16.1. The van der Waals surface area contributed by atoms with Crippen molar-refractivity contribution in [2.75, 3.05) is 19.8 Å². The third kappa shape index (κ3) is 5.78. The number of rotatable bonds is 8. The van der Waals surface area contributed by atoms with E-state index in [1.807, 2.05) is 0 Å². The number of ether oxygens (including phenoxy) is 2. The Morgan fingerprint density at radius 3 is 2.73 bits per heavy atom. The lowest BCUT2D eigenvalue weighted by Crippen LogP contribution is -2.17. The Morgan fingerprint density at radius 2 is 2.13 bits per heavy atom. The molecule has 0 aliphatic heterocycles. The van der Waals surface area contributed by atoms with Gasteiger partial charge in [-0.25, -0.2) is 4.79 Å². The van der Waals surface area contributed by atoms with Crippen molar-refractivity contribution in [2.45, 2.75) is 45.4 Å². The Bertz CT molecular complexity index is 176. The molecule has 0 aromatic heterocycles. The molecule has 0 N–H and O–H groups in total. The first kappa shape index (κ1) is 12.5. The van der Waals surface area contributed by atoms with Crippen LogP contribution in [0.2, 0.25) is 0 Å². The van der Waals surface area contributed by atoms with Gasteiger partial charge < -0.3 is 9.47 Å². The molecule has 15 heavy (non-hydrogen) atoms. The Hall–Kier alpha value is -0.570. The van der Waals surface area contributed by atoms with Crippen molar-refractivity contribution >= 4 is 5.97 Å². The van der Waals surface area contributed by atoms with Gasteiger partial charge in [-0.2, -0.15) is 0 Å². The van der Waals surface area contributed by atoms with E-state index in [0.29, 0.717) is 13.2 Å². The van der Waals surface area contributed by atoms with E-state index in [4.69, 9.17) is 9.47 Å². The third-order valence-electron chi connectivity index (χ3n) is 2.88. The Morgan fingerprint density at radius 1 is 1.33 bits per heavy atom. The lowest BCUT2D eigenvalue weighted by Gasteiger charge is -2.24. The Kier molecular flexibility index (Phi) is 6.41. The second kappa shape index (κ2) is 7.69. The highest BCUT2D eigenvalue weighted by Crippen LogP contribution is 2.28. The topological polar surface area (TPSA) is 35.5 Å². The fourth-order valence-corrected chi connectivity index (χ4v) is 1.56. The third-order valence-corrected chi connectivity index (χ3v) is 2.88. The van der Waals surface area contributed by atoms with E-state index >= 15 is 0 Å². The van der Waals surface area contributed by atoms with Gasteiger partial charge in [-0.3, -0.25) is 0 Å². The van der Waals surface area contributed by atoms with E-state index in [9.17, 15) is 4.79 Å². The quantitative estimate of drug-likeness (QED) is 0.460. The summed E-state index contributed by atoms with van der Waals surface area (Å²) in [4.78, 5) is 11.1. The minimum atomic E-state index is -0.225. The van der Waals surface area contributed by atoms with Crippen LogP contribution in [0.25, 0.3) is 0 Å². The fourth-order valence-electron chi connectivity index (χ4n) is 1.56. The van der Waals surface area contributed by atoms with Crippen molar-refractivity contribution < 1.29 is 14.3 Å². The van der Waals surface area contributed by atoms with Gasteiger partial charge in [-0.05, 0) is 18.8 Å². The molecule has 1 saturated carbocycles. The minimum absolute atomic E-state index is 0.121. The van der Waals surface area contributed by atoms with Crippen molar-refractivity contribution in [3.05, 3.63) is 0 Å². The molecular formula is C12H22O3. The van der Waals surface area contributed by atoms with Crippen LogP contribution in [0.15, 0.2) is 0 Å². The summed E-state index contributed by atoms with van der Waals surface area (Å²) in [5.74, 6) is 0.623. The molecule has 0 amide bonds. The van der Waals surface area contributed by atoms with Crippen LogP contribution in [-0.4, -0.2) is 25.8 Å². The molecule has 0 spiro atoms. The van der Waals surface area contributed by atoms with Crippen LogP contribution >= 0.6 is 0 Å². The SMILES string of the molecule is CCCCOC(=O)COCCC1CCC1. The maximum Gasteiger partial charge on any atom is 0.332 e. The molecule has 0 atom stereocenters. The summed E-state index contributed by atoms with van der Waals surface area (Å²) in [6.45, 7) is 3.42. The van der Waals surface area contributed by atoms with Gasteiger partial charge in [0.15, 0.2) is 0 Å². The molecule has 88 valence electrons. The van der Waals surface area contributed by atoms with Crippen molar-refractivity contribution in [1.82, 2.24) is 0 Å². The van der Waals surface area contributed by atoms with Crippen LogP contribution in [0.3, 0.4) is 0 Å². The zero-order valence-electron chi connectivity index (χ0n) is 9.67. The number of hydrogen-bond acceptors (Lipinski definition) is 3. The molecule has 1 aliphatic carbocycles. The van der Waals surface area contributed by atoms with Crippen LogP contribution in [0, 0.1) is 5.92 Å². The number of esters is 1. The van der Waals surface area contributed by atoms with E-state index in [2.05, 4.69) is 6.92 Å². The maximum atomic E-state index is 11.1. The lowest BCUT2D eigenvalue weighted by molar-refractivity contribution is -0.149. The summed E-state index contributed by atoms with van der Waals surface area (Å²) in [6, 6.07) is 0. The van der Waals surface area contributed by atoms with Crippen molar-refractivity contribution in [3.63, 3.8) is 0 Å². The fraction of sp³-hybridized carbons (Fsp3) is 0.917. The van der Waals surface area contributed by atoms with Gasteiger partial charge in [-0.1, -0.05) is 32.6 Å². The Labute approximate surface area is 92.1 Å². The molecule has 0 bridgehead atoms. The number of hydrogen-bond donors (Lipinski definition) is 0.